The highest BCUT2D eigenvalue weighted by atomic mass is 16.4. The fourth-order valence-electron chi connectivity index (χ4n) is 5.32. The average molecular weight is 484 g/mol. The van der Waals surface area contributed by atoms with E-state index in [4.69, 9.17) is 10.2 Å². The first-order valence-corrected chi connectivity index (χ1v) is 11.3. The Kier molecular flexibility index (Phi) is 5.44. The molecule has 2 aliphatic carbocycles. The molecule has 0 saturated heterocycles. The largest absolute Gasteiger partial charge is 0.478 e. The second-order valence-electron chi connectivity index (χ2n) is 8.87. The van der Waals surface area contributed by atoms with Gasteiger partial charge in [0.15, 0.2) is 0 Å². The van der Waals surface area contributed by atoms with Gasteiger partial charge in [-0.3, -0.25) is 0 Å². The monoisotopic (exact) mass is 484 g/mol. The van der Waals surface area contributed by atoms with Gasteiger partial charge in [0.05, 0.1) is 22.3 Å². The van der Waals surface area contributed by atoms with Crippen molar-refractivity contribution >= 4 is 45.4 Å². The van der Waals surface area contributed by atoms with E-state index >= 15 is 0 Å². The molecule has 8 nitrogen and oxygen atoms in total. The Bertz CT molecular complexity index is 1520. The van der Waals surface area contributed by atoms with E-state index in [0.717, 1.165) is 43.8 Å². The van der Waals surface area contributed by atoms with E-state index in [0.29, 0.717) is 36.8 Å². The van der Waals surface area contributed by atoms with Crippen LogP contribution in [0.15, 0.2) is 48.5 Å². The summed E-state index contributed by atoms with van der Waals surface area (Å²) >= 11 is 0. The zero-order valence-electron chi connectivity index (χ0n) is 18.9. The van der Waals surface area contributed by atoms with Crippen LogP contribution in [0.3, 0.4) is 0 Å². The smallest absolute Gasteiger partial charge is 0.336 e. The number of carboxylic acids is 4. The molecular weight excluding hydrogens is 464 g/mol. The maximum Gasteiger partial charge on any atom is 0.336 e. The first-order valence-electron chi connectivity index (χ1n) is 11.3. The SMILES string of the molecule is O=C(O)c1ccc2c3c(C(=O)O)c(cc2c1)CC3.O=C(O)c1ccc2c3c(C(=O)O)c(cc2c1)CC3. The molecule has 0 fully saturated rings. The summed E-state index contributed by atoms with van der Waals surface area (Å²) < 4.78 is 0. The fraction of sp³-hybridized carbons (Fsp3) is 0.143. The summed E-state index contributed by atoms with van der Waals surface area (Å²) in [7, 11) is 0. The molecule has 0 unspecified atom stereocenters. The number of carboxylic acid groups (broad SMARTS) is 4. The summed E-state index contributed by atoms with van der Waals surface area (Å²) in [6, 6.07) is 13.2. The summed E-state index contributed by atoms with van der Waals surface area (Å²) in [6.45, 7) is 0. The lowest BCUT2D eigenvalue weighted by molar-refractivity contribution is 0.0685. The normalized spacial score (nSPS) is 12.9. The van der Waals surface area contributed by atoms with Gasteiger partial charge in [-0.15, -0.1) is 0 Å². The highest BCUT2D eigenvalue weighted by Crippen LogP contribution is 2.35. The number of rotatable bonds is 4. The first kappa shape index (κ1) is 23.0. The predicted octanol–water partition coefficient (Wildman–Crippen LogP) is 4.67. The lowest BCUT2D eigenvalue weighted by Crippen LogP contribution is -2.01. The van der Waals surface area contributed by atoms with Crippen LogP contribution >= 0.6 is 0 Å². The van der Waals surface area contributed by atoms with Gasteiger partial charge >= 0.3 is 23.9 Å². The van der Waals surface area contributed by atoms with E-state index < -0.39 is 23.9 Å². The molecular formula is C28H20O8. The molecule has 2 aliphatic rings. The third-order valence-electron chi connectivity index (χ3n) is 6.87. The van der Waals surface area contributed by atoms with Crippen molar-refractivity contribution in [2.75, 3.05) is 0 Å². The van der Waals surface area contributed by atoms with Crippen LogP contribution in [0.4, 0.5) is 0 Å². The van der Waals surface area contributed by atoms with Gasteiger partial charge in [-0.25, -0.2) is 19.2 Å². The fourth-order valence-corrected chi connectivity index (χ4v) is 5.32. The highest BCUT2D eigenvalue weighted by molar-refractivity contribution is 6.04. The van der Waals surface area contributed by atoms with Crippen LogP contribution in [0.1, 0.15) is 63.7 Å². The van der Waals surface area contributed by atoms with Crippen molar-refractivity contribution in [3.63, 3.8) is 0 Å². The molecule has 4 aromatic carbocycles. The van der Waals surface area contributed by atoms with E-state index in [1.54, 1.807) is 36.4 Å². The Morgan fingerprint density at radius 1 is 0.500 bits per heavy atom. The number of hydrogen-bond acceptors (Lipinski definition) is 4. The van der Waals surface area contributed by atoms with Gasteiger partial charge in [0.1, 0.15) is 0 Å². The molecule has 6 rings (SSSR count). The standard InChI is InChI=1S/2C14H10O4/c2*15-13(16)8-2-3-10-9(6-8)5-7-1-4-11(10)12(7)14(17)18/h2*2-3,5-6H,1,4H2,(H,15,16)(H,17,18). The van der Waals surface area contributed by atoms with Crippen molar-refractivity contribution in [3.05, 3.63) is 93.0 Å². The van der Waals surface area contributed by atoms with Crippen LogP contribution < -0.4 is 0 Å². The molecule has 4 N–H and O–H groups in total. The van der Waals surface area contributed by atoms with Crippen LogP contribution in [0, 0.1) is 0 Å². The van der Waals surface area contributed by atoms with Gasteiger partial charge in [-0.2, -0.15) is 0 Å². The van der Waals surface area contributed by atoms with Crippen LogP contribution in [-0.4, -0.2) is 44.3 Å². The third kappa shape index (κ3) is 3.73. The quantitative estimate of drug-likeness (QED) is 0.326. The third-order valence-corrected chi connectivity index (χ3v) is 6.87. The molecule has 0 atom stereocenters. The molecule has 0 saturated carbocycles. The number of benzene rings is 4. The molecule has 0 aromatic heterocycles. The minimum Gasteiger partial charge on any atom is -0.478 e. The van der Waals surface area contributed by atoms with E-state index in [-0.39, 0.29) is 11.1 Å². The number of fused-ring (bicyclic) bond motifs is 8. The Hall–Kier alpha value is -4.72. The molecule has 180 valence electrons. The van der Waals surface area contributed by atoms with Gasteiger partial charge in [-0.05, 0) is 93.7 Å². The first-order chi connectivity index (χ1) is 17.2. The van der Waals surface area contributed by atoms with Gasteiger partial charge in [-0.1, -0.05) is 24.3 Å². The summed E-state index contributed by atoms with van der Waals surface area (Å²) in [5, 5.41) is 39.6. The van der Waals surface area contributed by atoms with E-state index in [2.05, 4.69) is 0 Å². The van der Waals surface area contributed by atoms with E-state index in [1.807, 2.05) is 0 Å². The van der Waals surface area contributed by atoms with E-state index in [1.165, 1.54) is 12.1 Å². The van der Waals surface area contributed by atoms with Crippen molar-refractivity contribution in [1.29, 1.82) is 0 Å². The van der Waals surface area contributed by atoms with Gasteiger partial charge in [0.2, 0.25) is 0 Å². The molecule has 0 heterocycles. The number of aryl methyl sites for hydroxylation is 4. The molecule has 0 aliphatic heterocycles. The predicted molar refractivity (Wildman–Crippen MR) is 131 cm³/mol. The molecule has 4 aromatic rings. The second kappa shape index (κ2) is 8.49. The lowest BCUT2D eigenvalue weighted by Gasteiger charge is -2.06. The number of aromatic carboxylic acids is 4. The number of carbonyl (C=O) groups is 4. The van der Waals surface area contributed by atoms with Crippen molar-refractivity contribution in [2.45, 2.75) is 25.7 Å². The zero-order chi connectivity index (χ0) is 25.7. The average Bonchev–Trinajstić information content (AvgIpc) is 3.34. The van der Waals surface area contributed by atoms with Crippen molar-refractivity contribution in [3.8, 4) is 0 Å². The van der Waals surface area contributed by atoms with Crippen molar-refractivity contribution in [2.24, 2.45) is 0 Å². The van der Waals surface area contributed by atoms with Crippen LogP contribution in [-0.2, 0) is 25.7 Å². The minimum absolute atomic E-state index is 0.226. The molecule has 8 heteroatoms. The Morgan fingerprint density at radius 3 is 1.22 bits per heavy atom. The highest BCUT2D eigenvalue weighted by Gasteiger charge is 2.25. The Balaban J connectivity index is 0.000000148. The van der Waals surface area contributed by atoms with Crippen molar-refractivity contribution < 1.29 is 39.6 Å². The molecule has 36 heavy (non-hydrogen) atoms. The Labute approximate surface area is 204 Å². The van der Waals surface area contributed by atoms with Crippen LogP contribution in [0.2, 0.25) is 0 Å². The maximum atomic E-state index is 11.2. The van der Waals surface area contributed by atoms with Gasteiger partial charge in [0, 0.05) is 0 Å². The molecule has 0 radical (unpaired) electrons. The Morgan fingerprint density at radius 2 is 0.889 bits per heavy atom. The summed E-state index contributed by atoms with van der Waals surface area (Å²) in [5.74, 6) is -3.74. The maximum absolute atomic E-state index is 11.2. The topological polar surface area (TPSA) is 149 Å². The molecule has 0 spiro atoms. The lowest BCUT2D eigenvalue weighted by atomic mass is 9.98. The molecule has 0 amide bonds. The van der Waals surface area contributed by atoms with Crippen LogP contribution in [0.5, 0.6) is 0 Å². The number of hydrogen-bond donors (Lipinski definition) is 4. The van der Waals surface area contributed by atoms with Gasteiger partial charge in [0.25, 0.3) is 0 Å². The summed E-state index contributed by atoms with van der Waals surface area (Å²) in [5.41, 5.74) is 4.49. The summed E-state index contributed by atoms with van der Waals surface area (Å²) in [4.78, 5) is 44.2. The zero-order valence-corrected chi connectivity index (χ0v) is 18.9. The summed E-state index contributed by atoms with van der Waals surface area (Å²) in [6.07, 6.45) is 2.86. The van der Waals surface area contributed by atoms with Crippen molar-refractivity contribution in [1.82, 2.24) is 0 Å². The van der Waals surface area contributed by atoms with E-state index in [9.17, 15) is 29.4 Å². The van der Waals surface area contributed by atoms with Crippen LogP contribution in [0.25, 0.3) is 21.5 Å². The van der Waals surface area contributed by atoms with Gasteiger partial charge < -0.3 is 20.4 Å². The minimum atomic E-state index is -0.971. The molecule has 4 bridgehead atoms. The second-order valence-corrected chi connectivity index (χ2v) is 8.87.